The van der Waals surface area contributed by atoms with Crippen molar-refractivity contribution in [2.45, 2.75) is 32.1 Å². The minimum absolute atomic E-state index is 0.0950. The van der Waals surface area contributed by atoms with Crippen molar-refractivity contribution in [1.29, 1.82) is 0 Å². The Balaban J connectivity index is 1.42. The van der Waals surface area contributed by atoms with Crippen LogP contribution in [0.1, 0.15) is 32.3 Å². The van der Waals surface area contributed by atoms with Gasteiger partial charge in [0.05, 0.1) is 34.3 Å². The molecule has 5 nitrogen and oxygen atoms in total. The molecule has 1 aliphatic heterocycles. The van der Waals surface area contributed by atoms with Crippen LogP contribution in [0.2, 0.25) is 0 Å². The van der Waals surface area contributed by atoms with Crippen LogP contribution in [0.4, 0.5) is 0 Å². The zero-order valence-corrected chi connectivity index (χ0v) is 20.6. The van der Waals surface area contributed by atoms with Crippen molar-refractivity contribution in [3.8, 4) is 39.6 Å². The fraction of sp³-hybridized carbons (Fsp3) is 0.161. The van der Waals surface area contributed by atoms with Crippen LogP contribution in [0.25, 0.3) is 45.3 Å². The standard InChI is InChI=1S/C31H28N5/c1-4-31(5-2)22(3)35-19-10-9-16-30(35)25-20-24(17-18-26(25)31)36-21-29(33-34-36)28-15-11-14-27(32-28)23-12-7-6-8-13-23/h6-21H,3-5H2,1-2H3/q+1. The summed E-state index contributed by atoms with van der Waals surface area (Å²) >= 11 is 0. The average molecular weight is 471 g/mol. The summed E-state index contributed by atoms with van der Waals surface area (Å²) in [6, 6.07) is 29.1. The lowest BCUT2D eigenvalue weighted by Crippen LogP contribution is -2.48. The van der Waals surface area contributed by atoms with Crippen LogP contribution in [0.5, 0.6) is 0 Å². The van der Waals surface area contributed by atoms with Gasteiger partial charge in [0, 0.05) is 17.7 Å². The lowest BCUT2D eigenvalue weighted by Gasteiger charge is -2.35. The minimum atomic E-state index is -0.0950. The molecule has 1 aliphatic rings. The van der Waals surface area contributed by atoms with Gasteiger partial charge in [-0.05, 0) is 55.3 Å². The van der Waals surface area contributed by atoms with Crippen molar-refractivity contribution in [2.24, 2.45) is 0 Å². The molecule has 6 rings (SSSR count). The summed E-state index contributed by atoms with van der Waals surface area (Å²) in [6.45, 7) is 9.03. The largest absolute Gasteiger partial charge is 0.246 e. The Morgan fingerprint density at radius 3 is 2.42 bits per heavy atom. The molecule has 0 saturated carbocycles. The number of fused-ring (bicyclic) bond motifs is 3. The molecule has 0 fully saturated rings. The molecular formula is C31H28N5+. The van der Waals surface area contributed by atoms with E-state index in [1.54, 1.807) is 0 Å². The summed E-state index contributed by atoms with van der Waals surface area (Å²) in [4.78, 5) is 4.84. The SMILES string of the molecule is C=C1[n+]2ccccc2-c2cc(-n3cc(-c4cccc(-c5ccccc5)n4)nn3)ccc2C1(CC)CC. The molecule has 0 radical (unpaired) electrons. The number of rotatable bonds is 5. The van der Waals surface area contributed by atoms with Crippen LogP contribution < -0.4 is 4.57 Å². The summed E-state index contributed by atoms with van der Waals surface area (Å²) in [5, 5.41) is 8.92. The second kappa shape index (κ2) is 8.68. The van der Waals surface area contributed by atoms with Gasteiger partial charge in [-0.15, -0.1) is 5.10 Å². The predicted octanol–water partition coefficient (Wildman–Crippen LogP) is 6.49. The Bertz CT molecular complexity index is 1580. The van der Waals surface area contributed by atoms with Gasteiger partial charge in [-0.2, -0.15) is 4.57 Å². The van der Waals surface area contributed by atoms with E-state index in [0.717, 1.165) is 52.6 Å². The Hall–Kier alpha value is -4.38. The second-order valence-corrected chi connectivity index (χ2v) is 9.24. The van der Waals surface area contributed by atoms with Gasteiger partial charge in [-0.25, -0.2) is 9.67 Å². The molecule has 0 N–H and O–H groups in total. The summed E-state index contributed by atoms with van der Waals surface area (Å²) in [6.07, 6.45) is 6.05. The number of nitrogens with zero attached hydrogens (tertiary/aromatic N) is 5. The normalized spacial score (nSPS) is 13.8. The van der Waals surface area contributed by atoms with Crippen LogP contribution in [0.15, 0.2) is 104 Å². The van der Waals surface area contributed by atoms with Gasteiger partial charge >= 0.3 is 0 Å². The van der Waals surface area contributed by atoms with Gasteiger partial charge < -0.3 is 0 Å². The van der Waals surface area contributed by atoms with Crippen LogP contribution >= 0.6 is 0 Å². The third kappa shape index (κ3) is 3.39. The molecule has 4 heterocycles. The molecule has 0 saturated heterocycles. The van der Waals surface area contributed by atoms with Crippen LogP contribution in [0.3, 0.4) is 0 Å². The van der Waals surface area contributed by atoms with Gasteiger partial charge in [-0.3, -0.25) is 0 Å². The zero-order valence-electron chi connectivity index (χ0n) is 20.6. The Morgan fingerprint density at radius 1 is 0.833 bits per heavy atom. The molecule has 0 atom stereocenters. The lowest BCUT2D eigenvalue weighted by molar-refractivity contribution is -0.577. The number of allylic oxidation sites excluding steroid dienone is 1. The number of hydrogen-bond donors (Lipinski definition) is 0. The average Bonchev–Trinajstić information content (AvgIpc) is 3.45. The zero-order chi connectivity index (χ0) is 24.7. The maximum atomic E-state index is 4.84. The van der Waals surface area contributed by atoms with Gasteiger partial charge in [0.1, 0.15) is 5.69 Å². The minimum Gasteiger partial charge on any atom is -0.246 e. The predicted molar refractivity (Wildman–Crippen MR) is 143 cm³/mol. The topological polar surface area (TPSA) is 47.5 Å². The van der Waals surface area contributed by atoms with E-state index >= 15 is 0 Å². The first-order chi connectivity index (χ1) is 17.6. The molecule has 0 unspecified atom stereocenters. The van der Waals surface area contributed by atoms with Crippen LogP contribution in [-0.2, 0) is 5.41 Å². The Labute approximate surface area is 211 Å². The van der Waals surface area contributed by atoms with E-state index in [-0.39, 0.29) is 5.41 Å². The molecule has 5 aromatic rings. The van der Waals surface area contributed by atoms with E-state index in [0.29, 0.717) is 0 Å². The number of pyridine rings is 2. The van der Waals surface area contributed by atoms with Gasteiger partial charge in [0.15, 0.2) is 11.9 Å². The molecule has 0 spiro atoms. The maximum absolute atomic E-state index is 4.84. The first-order valence-electron chi connectivity index (χ1n) is 12.5. The molecule has 3 aromatic heterocycles. The Kier molecular flexibility index (Phi) is 5.33. The monoisotopic (exact) mass is 470 g/mol. The van der Waals surface area contributed by atoms with E-state index in [4.69, 9.17) is 4.98 Å². The van der Waals surface area contributed by atoms with Crippen molar-refractivity contribution < 1.29 is 4.57 Å². The van der Waals surface area contributed by atoms with Crippen LogP contribution in [0, 0.1) is 0 Å². The van der Waals surface area contributed by atoms with E-state index < -0.39 is 0 Å². The van der Waals surface area contributed by atoms with Crippen molar-refractivity contribution in [2.75, 3.05) is 0 Å². The molecule has 0 aliphatic carbocycles. The fourth-order valence-electron chi connectivity index (χ4n) is 5.48. The fourth-order valence-corrected chi connectivity index (χ4v) is 5.48. The number of hydrogen-bond acceptors (Lipinski definition) is 3. The Morgan fingerprint density at radius 2 is 1.61 bits per heavy atom. The smallest absolute Gasteiger partial charge is 0.218 e. The summed E-state index contributed by atoms with van der Waals surface area (Å²) < 4.78 is 4.08. The summed E-state index contributed by atoms with van der Waals surface area (Å²) in [5.41, 5.74) is 9.23. The third-order valence-electron chi connectivity index (χ3n) is 7.54. The van der Waals surface area contributed by atoms with E-state index in [1.807, 2.05) is 47.3 Å². The molecule has 0 amide bonds. The molecule has 176 valence electrons. The van der Waals surface area contributed by atoms with Gasteiger partial charge in [0.2, 0.25) is 5.69 Å². The molecular weight excluding hydrogens is 442 g/mol. The van der Waals surface area contributed by atoms with E-state index in [1.165, 1.54) is 11.1 Å². The second-order valence-electron chi connectivity index (χ2n) is 9.24. The van der Waals surface area contributed by atoms with E-state index in [2.05, 4.69) is 90.0 Å². The molecule has 5 heteroatoms. The third-order valence-corrected chi connectivity index (χ3v) is 7.54. The maximum Gasteiger partial charge on any atom is 0.218 e. The highest BCUT2D eigenvalue weighted by Gasteiger charge is 2.45. The highest BCUT2D eigenvalue weighted by Crippen LogP contribution is 2.46. The summed E-state index contributed by atoms with van der Waals surface area (Å²) in [5.74, 6) is 0. The molecule has 2 aromatic carbocycles. The first kappa shape index (κ1) is 22.1. The highest BCUT2D eigenvalue weighted by molar-refractivity contribution is 5.74. The van der Waals surface area contributed by atoms with Crippen molar-refractivity contribution in [1.82, 2.24) is 20.0 Å². The summed E-state index contributed by atoms with van der Waals surface area (Å²) in [7, 11) is 0. The molecule has 36 heavy (non-hydrogen) atoms. The van der Waals surface area contributed by atoms with Crippen molar-refractivity contribution in [3.63, 3.8) is 0 Å². The first-order valence-corrected chi connectivity index (χ1v) is 12.5. The van der Waals surface area contributed by atoms with Gasteiger partial charge in [0.25, 0.3) is 0 Å². The quantitative estimate of drug-likeness (QED) is 0.276. The highest BCUT2D eigenvalue weighted by atomic mass is 15.4. The lowest BCUT2D eigenvalue weighted by atomic mass is 9.69. The van der Waals surface area contributed by atoms with E-state index in [9.17, 15) is 0 Å². The van der Waals surface area contributed by atoms with Gasteiger partial charge in [-0.1, -0.05) is 61.5 Å². The number of aromatic nitrogens is 5. The van der Waals surface area contributed by atoms with Crippen molar-refractivity contribution in [3.05, 3.63) is 109 Å². The van der Waals surface area contributed by atoms with Crippen molar-refractivity contribution >= 4 is 5.70 Å². The van der Waals surface area contributed by atoms with Crippen LogP contribution in [-0.4, -0.2) is 20.0 Å². The molecule has 0 bridgehead atoms. The number of benzene rings is 2.